The van der Waals surface area contributed by atoms with E-state index in [1.54, 1.807) is 18.2 Å². The number of carbonyl (C=O) groups is 1. The van der Waals surface area contributed by atoms with E-state index < -0.39 is 0 Å². The average Bonchev–Trinajstić information content (AvgIpc) is 2.53. The van der Waals surface area contributed by atoms with Gasteiger partial charge in [-0.15, -0.1) is 0 Å². The maximum atomic E-state index is 12.7. The minimum absolute atomic E-state index is 0.0588. The third-order valence-electron chi connectivity index (χ3n) is 3.72. The number of ether oxygens (including phenoxy) is 1. The molecule has 0 amide bonds. The first kappa shape index (κ1) is 15.1. The fourth-order valence-electron chi connectivity index (χ4n) is 2.56. The quantitative estimate of drug-likeness (QED) is 0.673. The van der Waals surface area contributed by atoms with Crippen LogP contribution in [-0.2, 0) is 12.8 Å². The summed E-state index contributed by atoms with van der Waals surface area (Å²) in [5, 5.41) is 0. The van der Waals surface area contributed by atoms with Crippen LogP contribution in [0.25, 0.3) is 0 Å². The second kappa shape index (κ2) is 6.44. The number of aryl methyl sites for hydroxylation is 2. The molecule has 0 atom stereocenters. The van der Waals surface area contributed by atoms with Crippen LogP contribution in [0.3, 0.4) is 0 Å². The summed E-state index contributed by atoms with van der Waals surface area (Å²) >= 11 is 0. The molecule has 0 heterocycles. The van der Waals surface area contributed by atoms with Gasteiger partial charge in [0.2, 0.25) is 0 Å². The first-order valence-electron chi connectivity index (χ1n) is 7.21. The lowest BCUT2D eigenvalue weighted by molar-refractivity contribution is 0.103. The lowest BCUT2D eigenvalue weighted by atomic mass is 9.95. The van der Waals surface area contributed by atoms with Crippen LogP contribution >= 0.6 is 0 Å². The fourth-order valence-corrected chi connectivity index (χ4v) is 2.56. The zero-order valence-corrected chi connectivity index (χ0v) is 12.8. The molecule has 2 N–H and O–H groups in total. The molecule has 0 fully saturated rings. The Morgan fingerprint density at radius 1 is 1.10 bits per heavy atom. The zero-order chi connectivity index (χ0) is 15.4. The molecule has 0 bridgehead atoms. The van der Waals surface area contributed by atoms with E-state index in [0.717, 1.165) is 12.8 Å². The number of rotatable bonds is 5. The Labute approximate surface area is 125 Å². The summed E-state index contributed by atoms with van der Waals surface area (Å²) in [5.74, 6) is 0.386. The summed E-state index contributed by atoms with van der Waals surface area (Å²) in [4.78, 5) is 12.7. The Balaban J connectivity index is 2.48. The highest BCUT2D eigenvalue weighted by Gasteiger charge is 2.17. The van der Waals surface area contributed by atoms with E-state index in [1.165, 1.54) is 18.2 Å². The van der Waals surface area contributed by atoms with Crippen molar-refractivity contribution in [3.05, 3.63) is 58.7 Å². The fraction of sp³-hybridized carbons (Fsp3) is 0.278. The number of nitrogen functional groups attached to an aromatic ring is 1. The minimum Gasteiger partial charge on any atom is -0.494 e. The van der Waals surface area contributed by atoms with E-state index in [1.807, 2.05) is 18.2 Å². The van der Waals surface area contributed by atoms with E-state index in [0.29, 0.717) is 22.6 Å². The molecule has 0 aliphatic carbocycles. The Morgan fingerprint density at radius 2 is 1.81 bits per heavy atom. The number of benzene rings is 2. The van der Waals surface area contributed by atoms with Crippen molar-refractivity contribution in [3.63, 3.8) is 0 Å². The highest BCUT2D eigenvalue weighted by molar-refractivity contribution is 6.11. The molecule has 0 radical (unpaired) electrons. The Morgan fingerprint density at radius 3 is 2.43 bits per heavy atom. The summed E-state index contributed by atoms with van der Waals surface area (Å²) in [6, 6.07) is 11.1. The first-order chi connectivity index (χ1) is 10.1. The second-order valence-electron chi connectivity index (χ2n) is 4.95. The van der Waals surface area contributed by atoms with Gasteiger partial charge in [-0.05, 0) is 42.2 Å². The molecular formula is C18H21NO2. The summed E-state index contributed by atoms with van der Waals surface area (Å²) in [7, 11) is 1.53. The van der Waals surface area contributed by atoms with Crippen LogP contribution in [0, 0.1) is 0 Å². The van der Waals surface area contributed by atoms with Gasteiger partial charge in [0, 0.05) is 5.56 Å². The van der Waals surface area contributed by atoms with Crippen molar-refractivity contribution < 1.29 is 9.53 Å². The number of nitrogens with two attached hydrogens (primary N) is 1. The van der Waals surface area contributed by atoms with E-state index in [2.05, 4.69) is 13.8 Å². The molecule has 0 unspecified atom stereocenters. The number of carbonyl (C=O) groups excluding carboxylic acids is 1. The number of hydrogen-bond acceptors (Lipinski definition) is 3. The van der Waals surface area contributed by atoms with E-state index >= 15 is 0 Å². The molecule has 0 aromatic heterocycles. The molecular weight excluding hydrogens is 262 g/mol. The lowest BCUT2D eigenvalue weighted by Gasteiger charge is -2.12. The normalized spacial score (nSPS) is 10.4. The SMILES string of the molecule is CCc1ccc(C(=O)c2cccc(N)c2OC)cc1CC. The van der Waals surface area contributed by atoms with Crippen LogP contribution in [0.1, 0.15) is 40.9 Å². The second-order valence-corrected chi connectivity index (χ2v) is 4.95. The zero-order valence-electron chi connectivity index (χ0n) is 12.8. The van der Waals surface area contributed by atoms with Gasteiger partial charge in [-0.1, -0.05) is 32.0 Å². The number of para-hydroxylation sites is 1. The van der Waals surface area contributed by atoms with E-state index in [4.69, 9.17) is 10.5 Å². The van der Waals surface area contributed by atoms with Crippen molar-refractivity contribution >= 4 is 11.5 Å². The number of methoxy groups -OCH3 is 1. The maximum absolute atomic E-state index is 12.7. The van der Waals surface area contributed by atoms with Crippen molar-refractivity contribution in [2.45, 2.75) is 26.7 Å². The van der Waals surface area contributed by atoms with Gasteiger partial charge in [0.15, 0.2) is 11.5 Å². The van der Waals surface area contributed by atoms with Crippen molar-refractivity contribution in [3.8, 4) is 5.75 Å². The molecule has 2 aromatic rings. The molecule has 3 heteroatoms. The molecule has 0 saturated carbocycles. The molecule has 2 aromatic carbocycles. The van der Waals surface area contributed by atoms with Crippen LogP contribution in [0.15, 0.2) is 36.4 Å². The van der Waals surface area contributed by atoms with Crippen LogP contribution in [0.2, 0.25) is 0 Å². The largest absolute Gasteiger partial charge is 0.494 e. The van der Waals surface area contributed by atoms with Crippen LogP contribution in [0.5, 0.6) is 5.75 Å². The van der Waals surface area contributed by atoms with Gasteiger partial charge in [0.1, 0.15) is 0 Å². The Hall–Kier alpha value is -2.29. The average molecular weight is 283 g/mol. The predicted octanol–water partition coefficient (Wildman–Crippen LogP) is 3.63. The highest BCUT2D eigenvalue weighted by Crippen LogP contribution is 2.28. The van der Waals surface area contributed by atoms with Crippen LogP contribution in [0.4, 0.5) is 5.69 Å². The van der Waals surface area contributed by atoms with Crippen molar-refractivity contribution in [2.75, 3.05) is 12.8 Å². The molecule has 3 nitrogen and oxygen atoms in total. The van der Waals surface area contributed by atoms with Crippen LogP contribution < -0.4 is 10.5 Å². The molecule has 0 aliphatic heterocycles. The minimum atomic E-state index is -0.0588. The summed E-state index contributed by atoms with van der Waals surface area (Å²) in [5.41, 5.74) is 10.0. The van der Waals surface area contributed by atoms with E-state index in [9.17, 15) is 4.79 Å². The summed E-state index contributed by atoms with van der Waals surface area (Å²) in [6.45, 7) is 4.22. The van der Waals surface area contributed by atoms with Gasteiger partial charge >= 0.3 is 0 Å². The van der Waals surface area contributed by atoms with Crippen molar-refractivity contribution in [1.82, 2.24) is 0 Å². The number of ketones is 1. The molecule has 110 valence electrons. The van der Waals surface area contributed by atoms with Crippen molar-refractivity contribution in [2.24, 2.45) is 0 Å². The highest BCUT2D eigenvalue weighted by atomic mass is 16.5. The topological polar surface area (TPSA) is 52.3 Å². The molecule has 0 saturated heterocycles. The molecule has 21 heavy (non-hydrogen) atoms. The van der Waals surface area contributed by atoms with Gasteiger partial charge in [-0.2, -0.15) is 0 Å². The van der Waals surface area contributed by atoms with Crippen LogP contribution in [-0.4, -0.2) is 12.9 Å². The smallest absolute Gasteiger partial charge is 0.196 e. The Kier molecular flexibility index (Phi) is 4.63. The van der Waals surface area contributed by atoms with E-state index in [-0.39, 0.29) is 5.78 Å². The predicted molar refractivity (Wildman–Crippen MR) is 86.0 cm³/mol. The standard InChI is InChI=1S/C18H21NO2/c1-4-12-9-10-14(11-13(12)5-2)17(20)15-7-6-8-16(19)18(15)21-3/h6-11H,4-5,19H2,1-3H3. The summed E-state index contributed by atoms with van der Waals surface area (Å²) < 4.78 is 5.27. The van der Waals surface area contributed by atoms with Gasteiger partial charge in [0.25, 0.3) is 0 Å². The van der Waals surface area contributed by atoms with Crippen molar-refractivity contribution in [1.29, 1.82) is 0 Å². The van der Waals surface area contributed by atoms with Gasteiger partial charge in [-0.3, -0.25) is 4.79 Å². The first-order valence-corrected chi connectivity index (χ1v) is 7.21. The lowest BCUT2D eigenvalue weighted by Crippen LogP contribution is -2.07. The maximum Gasteiger partial charge on any atom is 0.196 e. The number of anilines is 1. The third-order valence-corrected chi connectivity index (χ3v) is 3.72. The van der Waals surface area contributed by atoms with Gasteiger partial charge < -0.3 is 10.5 Å². The van der Waals surface area contributed by atoms with Gasteiger partial charge in [0.05, 0.1) is 18.4 Å². The molecule has 0 spiro atoms. The number of hydrogen-bond donors (Lipinski definition) is 1. The molecule has 2 rings (SSSR count). The molecule has 0 aliphatic rings. The monoisotopic (exact) mass is 283 g/mol. The third kappa shape index (κ3) is 2.92. The Bertz CT molecular complexity index is 662. The van der Waals surface area contributed by atoms with Gasteiger partial charge in [-0.25, -0.2) is 0 Å². The summed E-state index contributed by atoms with van der Waals surface area (Å²) in [6.07, 6.45) is 1.89.